The summed E-state index contributed by atoms with van der Waals surface area (Å²) in [5, 5.41) is 14.3. The highest BCUT2D eigenvalue weighted by atomic mass is 35.5. The number of nitrogens with one attached hydrogen (secondary N) is 1. The number of nitrogens with zero attached hydrogens (tertiary/aromatic N) is 1. The highest BCUT2D eigenvalue weighted by Gasteiger charge is 2.06. The van der Waals surface area contributed by atoms with Gasteiger partial charge in [0.05, 0.1) is 15.6 Å². The summed E-state index contributed by atoms with van der Waals surface area (Å²) in [6.07, 6.45) is 1.78. The summed E-state index contributed by atoms with van der Waals surface area (Å²) in [7, 11) is 0. The van der Waals surface area contributed by atoms with E-state index in [1.807, 2.05) is 24.3 Å². The number of halogens is 2. The molecular weight excluding hydrogens is 307 g/mol. The number of phenolic OH excluding ortho intramolecular Hbond substituents is 1. The molecule has 0 saturated carbocycles. The Labute approximate surface area is 132 Å². The van der Waals surface area contributed by atoms with Crippen LogP contribution in [0.4, 0.5) is 5.69 Å². The van der Waals surface area contributed by atoms with Gasteiger partial charge in [0.15, 0.2) is 5.75 Å². The zero-order valence-corrected chi connectivity index (χ0v) is 12.5. The molecular formula is C16H12Cl2N2O. The number of fused-ring (bicyclic) bond motifs is 1. The van der Waals surface area contributed by atoms with Gasteiger partial charge in [0.1, 0.15) is 0 Å². The van der Waals surface area contributed by atoms with Crippen LogP contribution in [0, 0.1) is 0 Å². The van der Waals surface area contributed by atoms with Gasteiger partial charge in [0.2, 0.25) is 0 Å². The monoisotopic (exact) mass is 318 g/mol. The topological polar surface area (TPSA) is 45.1 Å². The third-order valence-electron chi connectivity index (χ3n) is 3.18. The van der Waals surface area contributed by atoms with Gasteiger partial charge in [-0.2, -0.15) is 0 Å². The molecule has 1 aromatic heterocycles. The van der Waals surface area contributed by atoms with Crippen molar-refractivity contribution in [2.24, 2.45) is 0 Å². The number of anilines is 1. The third-order valence-corrected chi connectivity index (χ3v) is 3.76. The fourth-order valence-corrected chi connectivity index (χ4v) is 2.59. The molecule has 21 heavy (non-hydrogen) atoms. The second kappa shape index (κ2) is 5.80. The van der Waals surface area contributed by atoms with Gasteiger partial charge < -0.3 is 10.4 Å². The van der Waals surface area contributed by atoms with Crippen LogP contribution in [0.5, 0.6) is 5.75 Å². The van der Waals surface area contributed by atoms with Crippen molar-refractivity contribution in [3.8, 4) is 5.75 Å². The summed E-state index contributed by atoms with van der Waals surface area (Å²) in [5.41, 5.74) is 2.85. The molecule has 0 aliphatic rings. The molecule has 0 bridgehead atoms. The van der Waals surface area contributed by atoms with E-state index in [9.17, 15) is 5.11 Å². The average molecular weight is 319 g/mol. The van der Waals surface area contributed by atoms with E-state index in [-0.39, 0.29) is 15.8 Å². The first-order valence-electron chi connectivity index (χ1n) is 6.39. The molecule has 0 unspecified atom stereocenters. The van der Waals surface area contributed by atoms with Crippen molar-refractivity contribution in [1.29, 1.82) is 0 Å². The molecule has 0 aliphatic heterocycles. The van der Waals surface area contributed by atoms with Crippen LogP contribution in [0.15, 0.2) is 48.7 Å². The maximum Gasteiger partial charge on any atom is 0.152 e. The van der Waals surface area contributed by atoms with E-state index in [1.165, 1.54) is 0 Å². The molecule has 2 N–H and O–H groups in total. The van der Waals surface area contributed by atoms with Crippen molar-refractivity contribution in [2.45, 2.75) is 6.54 Å². The molecule has 1 heterocycles. The molecule has 2 aromatic carbocycles. The highest BCUT2D eigenvalue weighted by molar-refractivity contribution is 6.37. The second-order valence-corrected chi connectivity index (χ2v) is 5.49. The van der Waals surface area contributed by atoms with E-state index in [2.05, 4.69) is 16.4 Å². The van der Waals surface area contributed by atoms with E-state index in [4.69, 9.17) is 23.2 Å². The quantitative estimate of drug-likeness (QED) is 0.678. The molecule has 0 spiro atoms. The number of aromatic hydroxyl groups is 1. The van der Waals surface area contributed by atoms with Gasteiger partial charge in [-0.1, -0.05) is 35.3 Å². The largest absolute Gasteiger partial charge is 0.505 e. The second-order valence-electron chi connectivity index (χ2n) is 4.67. The van der Waals surface area contributed by atoms with Crippen LogP contribution >= 0.6 is 23.2 Å². The normalized spacial score (nSPS) is 10.8. The Balaban J connectivity index is 1.80. The van der Waals surface area contributed by atoms with E-state index < -0.39 is 0 Å². The number of hydrogen-bond donors (Lipinski definition) is 2. The smallest absolute Gasteiger partial charge is 0.152 e. The number of phenols is 1. The van der Waals surface area contributed by atoms with Crippen LogP contribution in [-0.2, 0) is 6.54 Å². The van der Waals surface area contributed by atoms with E-state index >= 15 is 0 Å². The minimum Gasteiger partial charge on any atom is -0.505 e. The van der Waals surface area contributed by atoms with Crippen LogP contribution in [0.25, 0.3) is 10.9 Å². The Kier molecular flexibility index (Phi) is 3.86. The van der Waals surface area contributed by atoms with Gasteiger partial charge in [0.25, 0.3) is 0 Å². The van der Waals surface area contributed by atoms with E-state index in [0.717, 1.165) is 22.2 Å². The molecule has 106 valence electrons. The van der Waals surface area contributed by atoms with Crippen LogP contribution in [0.3, 0.4) is 0 Å². The van der Waals surface area contributed by atoms with Crippen molar-refractivity contribution < 1.29 is 5.11 Å². The summed E-state index contributed by atoms with van der Waals surface area (Å²) >= 11 is 11.8. The van der Waals surface area contributed by atoms with E-state index in [1.54, 1.807) is 18.3 Å². The molecule has 0 saturated heterocycles. The van der Waals surface area contributed by atoms with Gasteiger partial charge in [-0.25, -0.2) is 0 Å². The lowest BCUT2D eigenvalue weighted by atomic mass is 10.1. The molecule has 0 atom stereocenters. The lowest BCUT2D eigenvalue weighted by Crippen LogP contribution is -1.99. The van der Waals surface area contributed by atoms with Gasteiger partial charge in [-0.05, 0) is 35.9 Å². The number of hydrogen-bond acceptors (Lipinski definition) is 3. The fraction of sp³-hybridized carbons (Fsp3) is 0.0625. The standard InChI is InChI=1S/C16H12Cl2N2O/c17-13-7-12(8-14(18)16(13)21)20-9-10-3-4-15-11(6-10)2-1-5-19-15/h1-8,20-21H,9H2. The Morgan fingerprint density at radius 2 is 1.81 bits per heavy atom. The first-order valence-corrected chi connectivity index (χ1v) is 7.14. The number of benzene rings is 2. The summed E-state index contributed by atoms with van der Waals surface area (Å²) < 4.78 is 0. The van der Waals surface area contributed by atoms with Gasteiger partial charge >= 0.3 is 0 Å². The van der Waals surface area contributed by atoms with Crippen molar-refractivity contribution in [3.05, 3.63) is 64.3 Å². The third kappa shape index (κ3) is 3.04. The molecule has 3 rings (SSSR count). The van der Waals surface area contributed by atoms with Crippen LogP contribution < -0.4 is 5.32 Å². The van der Waals surface area contributed by atoms with Gasteiger partial charge in [-0.15, -0.1) is 0 Å². The SMILES string of the molecule is Oc1c(Cl)cc(NCc2ccc3ncccc3c2)cc1Cl. The summed E-state index contributed by atoms with van der Waals surface area (Å²) in [5.74, 6) is -0.0966. The predicted molar refractivity (Wildman–Crippen MR) is 87.2 cm³/mol. The zero-order chi connectivity index (χ0) is 14.8. The summed E-state index contributed by atoms with van der Waals surface area (Å²) in [6.45, 7) is 0.627. The molecule has 3 nitrogen and oxygen atoms in total. The predicted octanol–water partition coefficient (Wildman–Crippen LogP) is 4.86. The maximum atomic E-state index is 9.54. The Bertz CT molecular complexity index is 782. The van der Waals surface area contributed by atoms with Crippen molar-refractivity contribution >= 4 is 39.8 Å². The van der Waals surface area contributed by atoms with E-state index in [0.29, 0.717) is 6.54 Å². The minimum absolute atomic E-state index is 0.0966. The van der Waals surface area contributed by atoms with Crippen molar-refractivity contribution in [1.82, 2.24) is 4.98 Å². The molecule has 0 radical (unpaired) electrons. The molecule has 3 aromatic rings. The average Bonchev–Trinajstić information content (AvgIpc) is 2.50. The Morgan fingerprint density at radius 1 is 1.05 bits per heavy atom. The molecule has 0 amide bonds. The summed E-state index contributed by atoms with van der Waals surface area (Å²) in [6, 6.07) is 13.3. The Morgan fingerprint density at radius 3 is 2.57 bits per heavy atom. The maximum absolute atomic E-state index is 9.54. The fourth-order valence-electron chi connectivity index (χ4n) is 2.11. The Hall–Kier alpha value is -1.97. The molecule has 5 heteroatoms. The van der Waals surface area contributed by atoms with Gasteiger partial charge in [0, 0.05) is 23.8 Å². The lowest BCUT2D eigenvalue weighted by molar-refractivity contribution is 0.476. The van der Waals surface area contributed by atoms with Gasteiger partial charge in [-0.3, -0.25) is 4.98 Å². The zero-order valence-electron chi connectivity index (χ0n) is 11.0. The first-order chi connectivity index (χ1) is 10.1. The number of pyridine rings is 1. The number of aromatic nitrogens is 1. The summed E-state index contributed by atoms with van der Waals surface area (Å²) in [4.78, 5) is 4.29. The van der Waals surface area contributed by atoms with Crippen molar-refractivity contribution in [3.63, 3.8) is 0 Å². The van der Waals surface area contributed by atoms with Crippen LogP contribution in [0.2, 0.25) is 10.0 Å². The lowest BCUT2D eigenvalue weighted by Gasteiger charge is -2.09. The number of rotatable bonds is 3. The molecule has 0 aliphatic carbocycles. The van der Waals surface area contributed by atoms with Crippen LogP contribution in [0.1, 0.15) is 5.56 Å². The van der Waals surface area contributed by atoms with Crippen molar-refractivity contribution in [2.75, 3.05) is 5.32 Å². The molecule has 0 fully saturated rings. The van der Waals surface area contributed by atoms with Crippen LogP contribution in [-0.4, -0.2) is 10.1 Å². The first kappa shape index (κ1) is 14.0. The minimum atomic E-state index is -0.0966. The highest BCUT2D eigenvalue weighted by Crippen LogP contribution is 2.34.